The van der Waals surface area contributed by atoms with Crippen LogP contribution in [-0.2, 0) is 6.61 Å². The number of hydrogen-bond acceptors (Lipinski definition) is 5. The third-order valence-electron chi connectivity index (χ3n) is 2.96. The highest BCUT2D eigenvalue weighted by Crippen LogP contribution is 2.38. The average Bonchev–Trinajstić information content (AvgIpc) is 3.15. The van der Waals surface area contributed by atoms with Gasteiger partial charge in [-0.1, -0.05) is 11.2 Å². The predicted molar refractivity (Wildman–Crippen MR) is 64.0 cm³/mol. The van der Waals surface area contributed by atoms with E-state index in [1.165, 1.54) is 12.1 Å². The van der Waals surface area contributed by atoms with Gasteiger partial charge >= 0.3 is 5.97 Å². The average molecular weight is 278 g/mol. The van der Waals surface area contributed by atoms with E-state index >= 15 is 0 Å². The van der Waals surface area contributed by atoms with Gasteiger partial charge in [0.05, 0.1) is 0 Å². The van der Waals surface area contributed by atoms with Gasteiger partial charge in [0, 0.05) is 5.92 Å². The first-order valence-electron chi connectivity index (χ1n) is 6.12. The second-order valence-electron chi connectivity index (χ2n) is 4.53. The summed E-state index contributed by atoms with van der Waals surface area (Å²) in [6.07, 6.45) is 2.07. The fraction of sp³-hybridized carbons (Fsp3) is 0.308. The third-order valence-corrected chi connectivity index (χ3v) is 2.96. The molecule has 104 valence electrons. The van der Waals surface area contributed by atoms with E-state index in [0.717, 1.165) is 18.9 Å². The van der Waals surface area contributed by atoms with Gasteiger partial charge < -0.3 is 14.4 Å². The molecule has 3 rings (SSSR count). The van der Waals surface area contributed by atoms with E-state index in [0.29, 0.717) is 17.6 Å². The van der Waals surface area contributed by atoms with Gasteiger partial charge in [0.2, 0.25) is 11.7 Å². The van der Waals surface area contributed by atoms with Crippen molar-refractivity contribution in [3.05, 3.63) is 41.3 Å². The van der Waals surface area contributed by atoms with E-state index in [-0.39, 0.29) is 12.4 Å². The Kier molecular flexibility index (Phi) is 3.09. The molecule has 0 aliphatic heterocycles. The molecule has 1 N–H and O–H groups in total. The second-order valence-corrected chi connectivity index (χ2v) is 4.53. The maximum absolute atomic E-state index is 13.4. The largest absolute Gasteiger partial charge is 0.484 e. The van der Waals surface area contributed by atoms with Crippen molar-refractivity contribution >= 4 is 5.97 Å². The lowest BCUT2D eigenvalue weighted by Crippen LogP contribution is -2.06. The van der Waals surface area contributed by atoms with Crippen molar-refractivity contribution in [3.63, 3.8) is 0 Å². The highest BCUT2D eigenvalue weighted by atomic mass is 19.1. The summed E-state index contributed by atoms with van der Waals surface area (Å²) in [5, 5.41) is 12.7. The van der Waals surface area contributed by atoms with Gasteiger partial charge in [-0.05, 0) is 25.0 Å². The molecule has 7 heteroatoms. The van der Waals surface area contributed by atoms with Gasteiger partial charge in [0.25, 0.3) is 0 Å². The number of ether oxygens (including phenoxy) is 1. The first-order valence-corrected chi connectivity index (χ1v) is 6.12. The van der Waals surface area contributed by atoms with E-state index in [4.69, 9.17) is 14.4 Å². The van der Waals surface area contributed by atoms with Crippen LogP contribution in [0.2, 0.25) is 0 Å². The van der Waals surface area contributed by atoms with E-state index in [2.05, 4.69) is 10.1 Å². The third kappa shape index (κ3) is 2.47. The topological polar surface area (TPSA) is 85.5 Å². The lowest BCUT2D eigenvalue weighted by Gasteiger charge is -2.07. The Balaban J connectivity index is 1.74. The minimum atomic E-state index is -1.38. The zero-order valence-corrected chi connectivity index (χ0v) is 10.4. The van der Waals surface area contributed by atoms with E-state index in [1.807, 2.05) is 0 Å². The number of rotatable bonds is 5. The van der Waals surface area contributed by atoms with Crippen LogP contribution < -0.4 is 4.74 Å². The minimum absolute atomic E-state index is 0.0599. The fourth-order valence-corrected chi connectivity index (χ4v) is 1.80. The molecule has 1 aliphatic rings. The second kappa shape index (κ2) is 4.92. The summed E-state index contributed by atoms with van der Waals surface area (Å²) >= 11 is 0. The van der Waals surface area contributed by atoms with Gasteiger partial charge in [-0.15, -0.1) is 0 Å². The number of carboxylic acid groups (broad SMARTS) is 1. The first kappa shape index (κ1) is 12.6. The Hall–Kier alpha value is -2.44. The smallest absolute Gasteiger partial charge is 0.342 e. The van der Waals surface area contributed by atoms with Crippen molar-refractivity contribution < 1.29 is 23.6 Å². The van der Waals surface area contributed by atoms with Crippen LogP contribution in [-0.4, -0.2) is 21.2 Å². The minimum Gasteiger partial charge on any atom is -0.484 e. The number of hydrogen-bond donors (Lipinski definition) is 1. The molecular formula is C13H11FN2O4. The number of aromatic carboxylic acids is 1. The Labute approximate surface area is 113 Å². The molecule has 1 aromatic heterocycles. The van der Waals surface area contributed by atoms with Crippen LogP contribution in [0.4, 0.5) is 4.39 Å². The van der Waals surface area contributed by atoms with Crippen LogP contribution in [0.25, 0.3) is 0 Å². The summed E-state index contributed by atoms with van der Waals surface area (Å²) in [6.45, 7) is -0.0695. The van der Waals surface area contributed by atoms with Gasteiger partial charge in [0.15, 0.2) is 6.61 Å². The number of aromatic nitrogens is 2. The molecule has 1 fully saturated rings. The number of carbonyl (C=O) groups is 1. The van der Waals surface area contributed by atoms with Crippen molar-refractivity contribution in [1.82, 2.24) is 10.1 Å². The first-order chi connectivity index (χ1) is 9.65. The lowest BCUT2D eigenvalue weighted by atomic mass is 10.2. The molecule has 1 saturated carbocycles. The molecule has 1 aromatic carbocycles. The van der Waals surface area contributed by atoms with Crippen molar-refractivity contribution in [2.45, 2.75) is 25.4 Å². The highest BCUT2D eigenvalue weighted by Gasteiger charge is 2.29. The zero-order valence-electron chi connectivity index (χ0n) is 10.4. The molecule has 0 unspecified atom stereocenters. The van der Waals surface area contributed by atoms with Crippen molar-refractivity contribution in [2.75, 3.05) is 0 Å². The van der Waals surface area contributed by atoms with Crippen LogP contribution in [0.3, 0.4) is 0 Å². The Morgan fingerprint density at radius 3 is 3.00 bits per heavy atom. The normalized spacial score (nSPS) is 14.2. The molecule has 0 saturated heterocycles. The summed E-state index contributed by atoms with van der Waals surface area (Å²) in [6, 6.07) is 3.83. The SMILES string of the molecule is O=C(O)c1c(F)cccc1OCc1noc(C2CC2)n1. The van der Waals surface area contributed by atoms with E-state index in [9.17, 15) is 9.18 Å². The van der Waals surface area contributed by atoms with Gasteiger partial charge in [-0.2, -0.15) is 4.98 Å². The van der Waals surface area contributed by atoms with E-state index < -0.39 is 17.3 Å². The molecule has 1 aliphatic carbocycles. The molecule has 0 amide bonds. The van der Waals surface area contributed by atoms with Crippen molar-refractivity contribution in [1.29, 1.82) is 0 Å². The molecule has 0 atom stereocenters. The van der Waals surface area contributed by atoms with Crippen molar-refractivity contribution in [3.8, 4) is 5.75 Å². The summed E-state index contributed by atoms with van der Waals surface area (Å²) in [5.41, 5.74) is -0.501. The molecule has 0 spiro atoms. The quantitative estimate of drug-likeness (QED) is 0.903. The molecule has 2 aromatic rings. The standard InChI is InChI=1S/C13H11FN2O4/c14-8-2-1-3-9(11(8)13(17)18)19-6-10-15-12(20-16-10)7-4-5-7/h1-3,7H,4-6H2,(H,17,18). The predicted octanol–water partition coefficient (Wildman–Crippen LogP) is 2.36. The number of nitrogens with zero attached hydrogens (tertiary/aromatic N) is 2. The summed E-state index contributed by atoms with van der Waals surface area (Å²) in [4.78, 5) is 15.1. The van der Waals surface area contributed by atoms with Crippen LogP contribution in [0, 0.1) is 5.82 Å². The molecule has 6 nitrogen and oxygen atoms in total. The zero-order chi connectivity index (χ0) is 14.1. The van der Waals surface area contributed by atoms with Crippen molar-refractivity contribution in [2.24, 2.45) is 0 Å². The van der Waals surface area contributed by atoms with E-state index in [1.54, 1.807) is 0 Å². The maximum Gasteiger partial charge on any atom is 0.342 e. The molecule has 0 radical (unpaired) electrons. The number of benzene rings is 1. The molecule has 1 heterocycles. The highest BCUT2D eigenvalue weighted by molar-refractivity contribution is 5.91. The Bertz CT molecular complexity index is 652. The lowest BCUT2D eigenvalue weighted by molar-refractivity contribution is 0.0686. The summed E-state index contributed by atoms with van der Waals surface area (Å²) in [5.74, 6) is -1.07. The van der Waals surface area contributed by atoms with Gasteiger partial charge in [-0.25, -0.2) is 9.18 Å². The summed E-state index contributed by atoms with van der Waals surface area (Å²) < 4.78 is 23.8. The number of carboxylic acids is 1. The molecule has 20 heavy (non-hydrogen) atoms. The van der Waals surface area contributed by atoms with Crippen LogP contribution in [0.15, 0.2) is 22.7 Å². The van der Waals surface area contributed by atoms with Crippen LogP contribution in [0.1, 0.15) is 40.8 Å². The van der Waals surface area contributed by atoms with Crippen LogP contribution in [0.5, 0.6) is 5.75 Å². The Morgan fingerprint density at radius 2 is 2.30 bits per heavy atom. The fourth-order valence-electron chi connectivity index (χ4n) is 1.80. The van der Waals surface area contributed by atoms with Gasteiger partial charge in [0.1, 0.15) is 17.1 Å². The molecule has 0 bridgehead atoms. The maximum atomic E-state index is 13.4. The van der Waals surface area contributed by atoms with Crippen LogP contribution >= 0.6 is 0 Å². The van der Waals surface area contributed by atoms with Gasteiger partial charge in [-0.3, -0.25) is 0 Å². The monoisotopic (exact) mass is 278 g/mol. The summed E-state index contributed by atoms with van der Waals surface area (Å²) in [7, 11) is 0. The molecular weight excluding hydrogens is 267 g/mol. The number of halogens is 1. The Morgan fingerprint density at radius 1 is 1.50 bits per heavy atom.